The van der Waals surface area contributed by atoms with Crippen molar-refractivity contribution in [3.8, 4) is 5.75 Å². The predicted octanol–water partition coefficient (Wildman–Crippen LogP) is 4.65. The summed E-state index contributed by atoms with van der Waals surface area (Å²) in [5.74, 6) is -2.02. The van der Waals surface area contributed by atoms with Crippen LogP contribution in [0.25, 0.3) is 0 Å². The Morgan fingerprint density at radius 3 is 2.54 bits per heavy atom. The third-order valence-electron chi connectivity index (χ3n) is 9.79. The normalized spacial score (nSPS) is 26.7. The van der Waals surface area contributed by atoms with Crippen molar-refractivity contribution < 1.29 is 42.7 Å². The summed E-state index contributed by atoms with van der Waals surface area (Å²) in [5, 5.41) is 5.62. The zero-order valence-corrected chi connectivity index (χ0v) is 29.7. The number of benzene rings is 2. The monoisotopic (exact) mass is 719 g/mol. The van der Waals surface area contributed by atoms with Crippen molar-refractivity contribution in [2.24, 2.45) is 5.92 Å². The van der Waals surface area contributed by atoms with E-state index in [1.807, 2.05) is 18.2 Å². The van der Waals surface area contributed by atoms with Crippen LogP contribution in [0, 0.1) is 11.7 Å². The Balaban J connectivity index is 1.23. The molecule has 1 saturated heterocycles. The van der Waals surface area contributed by atoms with E-state index in [2.05, 4.69) is 16.1 Å². The minimum atomic E-state index is -1.34. The van der Waals surface area contributed by atoms with E-state index in [-0.39, 0.29) is 32.0 Å². The number of ether oxygens (including phenoxy) is 2. The summed E-state index contributed by atoms with van der Waals surface area (Å²) >= 11 is 0. The molecular formula is C38H46FN5O8. The zero-order valence-electron chi connectivity index (χ0n) is 29.7. The van der Waals surface area contributed by atoms with Crippen LogP contribution >= 0.6 is 0 Å². The van der Waals surface area contributed by atoms with Crippen molar-refractivity contribution in [2.45, 2.75) is 108 Å². The highest BCUT2D eigenvalue weighted by Gasteiger charge is 2.61. The molecule has 0 radical (unpaired) electrons. The number of amides is 5. The van der Waals surface area contributed by atoms with Crippen LogP contribution in [0.15, 0.2) is 60.7 Å². The number of allylic oxidation sites excluding steroid dienone is 1. The Morgan fingerprint density at radius 2 is 1.79 bits per heavy atom. The average Bonchev–Trinajstić information content (AvgIpc) is 3.39. The largest absolute Gasteiger partial charge is 0.444 e. The van der Waals surface area contributed by atoms with Crippen LogP contribution in [0.5, 0.6) is 5.75 Å². The maximum Gasteiger partial charge on any atom is 0.410 e. The van der Waals surface area contributed by atoms with Crippen LogP contribution in [-0.4, -0.2) is 75.6 Å². The minimum Gasteiger partial charge on any atom is -0.444 e. The maximum absolute atomic E-state index is 14.4. The summed E-state index contributed by atoms with van der Waals surface area (Å²) < 4.78 is 25.7. The molecule has 0 aromatic heterocycles. The van der Waals surface area contributed by atoms with E-state index in [1.165, 1.54) is 15.9 Å². The van der Waals surface area contributed by atoms with Gasteiger partial charge in [-0.15, -0.1) is 0 Å². The van der Waals surface area contributed by atoms with Crippen LogP contribution < -0.4 is 21.0 Å². The molecule has 2 aromatic rings. The summed E-state index contributed by atoms with van der Waals surface area (Å²) in [7, 11) is 0. The Hall–Kier alpha value is -5.14. The first-order chi connectivity index (χ1) is 24.8. The lowest BCUT2D eigenvalue weighted by molar-refractivity contribution is -0.142. The third-order valence-corrected chi connectivity index (χ3v) is 9.79. The van der Waals surface area contributed by atoms with Gasteiger partial charge >= 0.3 is 12.2 Å². The molecule has 14 heteroatoms. The molecule has 3 heterocycles. The van der Waals surface area contributed by atoms with Gasteiger partial charge in [-0.1, -0.05) is 55.3 Å². The molecule has 1 saturated carbocycles. The van der Waals surface area contributed by atoms with Gasteiger partial charge in [0.15, 0.2) is 5.75 Å². The van der Waals surface area contributed by atoms with E-state index >= 15 is 0 Å². The number of para-hydroxylation sites is 1. The third kappa shape index (κ3) is 8.48. The lowest BCUT2D eigenvalue weighted by Gasteiger charge is -2.30. The fraction of sp³-hybridized carbons (Fsp3) is 0.500. The van der Waals surface area contributed by atoms with E-state index in [4.69, 9.17) is 14.3 Å². The first-order valence-corrected chi connectivity index (χ1v) is 17.9. The number of carbonyl (C=O) groups excluding carboxylic acids is 5. The molecule has 52 heavy (non-hydrogen) atoms. The second-order valence-corrected chi connectivity index (χ2v) is 14.9. The number of hydroxylamine groups is 1. The fourth-order valence-electron chi connectivity index (χ4n) is 7.03. The highest BCUT2D eigenvalue weighted by molar-refractivity contribution is 5.98. The number of fused-ring (bicyclic) bond motifs is 3. The molecule has 0 spiro atoms. The molecule has 278 valence electrons. The van der Waals surface area contributed by atoms with E-state index in [9.17, 15) is 28.4 Å². The van der Waals surface area contributed by atoms with Gasteiger partial charge in [-0.05, 0) is 70.2 Å². The number of hydrogen-bond donors (Lipinski definition) is 3. The number of alkyl carbamates (subject to hydrolysis) is 1. The van der Waals surface area contributed by atoms with Gasteiger partial charge in [-0.25, -0.2) is 14.0 Å². The Morgan fingerprint density at radius 1 is 1.00 bits per heavy atom. The summed E-state index contributed by atoms with van der Waals surface area (Å²) in [6, 6.07) is 11.2. The molecule has 0 bridgehead atoms. The van der Waals surface area contributed by atoms with E-state index in [0.717, 1.165) is 19.3 Å². The molecule has 3 N–H and O–H groups in total. The first kappa shape index (κ1) is 36.6. The van der Waals surface area contributed by atoms with Gasteiger partial charge in [0.1, 0.15) is 35.1 Å². The molecule has 0 unspecified atom stereocenters. The quantitative estimate of drug-likeness (QED) is 0.298. The van der Waals surface area contributed by atoms with Gasteiger partial charge in [0.2, 0.25) is 11.8 Å². The van der Waals surface area contributed by atoms with Crippen molar-refractivity contribution in [1.29, 1.82) is 0 Å². The van der Waals surface area contributed by atoms with Crippen LogP contribution in [0.4, 0.5) is 14.0 Å². The van der Waals surface area contributed by atoms with E-state index < -0.39 is 65.1 Å². The molecule has 5 amide bonds. The molecule has 3 aliphatic heterocycles. The minimum absolute atomic E-state index is 0.0274. The number of nitrogens with one attached hydrogen (secondary N) is 3. The van der Waals surface area contributed by atoms with Crippen molar-refractivity contribution in [3.63, 3.8) is 0 Å². The number of hydrogen-bond acceptors (Lipinski definition) is 8. The molecule has 13 nitrogen and oxygen atoms in total. The van der Waals surface area contributed by atoms with Crippen LogP contribution in [0.3, 0.4) is 0 Å². The van der Waals surface area contributed by atoms with Crippen molar-refractivity contribution >= 4 is 29.9 Å². The van der Waals surface area contributed by atoms with E-state index in [0.29, 0.717) is 36.1 Å². The topological polar surface area (TPSA) is 156 Å². The summed E-state index contributed by atoms with van der Waals surface area (Å²) in [6.07, 6.45) is 5.01. The van der Waals surface area contributed by atoms with Gasteiger partial charge in [0.25, 0.3) is 5.91 Å². The van der Waals surface area contributed by atoms with E-state index in [1.54, 1.807) is 57.2 Å². The summed E-state index contributed by atoms with van der Waals surface area (Å²) in [4.78, 5) is 76.7. The molecule has 4 aliphatic rings. The first-order valence-electron chi connectivity index (χ1n) is 17.9. The van der Waals surface area contributed by atoms with Gasteiger partial charge in [-0.2, -0.15) is 5.48 Å². The second-order valence-electron chi connectivity index (χ2n) is 14.9. The predicted molar refractivity (Wildman–Crippen MR) is 186 cm³/mol. The van der Waals surface area contributed by atoms with Crippen LogP contribution in [0.1, 0.15) is 76.8 Å². The Labute approximate surface area is 302 Å². The standard InChI is InChI=1S/C38H46FN5O8/c1-37(2,3)51-35(48)40-30-18-11-6-4-5-8-14-25-20-38(25,34(47)42-52-26-15-9-7-10-16-26)41-32(45)31-19-27(22-44(31)33(30)46)50-36(49)43-21-24-13-12-17-29(39)28(24)23-43/h7-10,12-17,25,27,30-31H,4-6,11,18-23H2,1-3H3,(H,40,48)(H,41,45)(H,42,47)/b14-8-/t25-,27-,30+,31+,38+/m1/s1. The number of halogens is 1. The van der Waals surface area contributed by atoms with Crippen LogP contribution in [-0.2, 0) is 36.9 Å². The Kier molecular flexibility index (Phi) is 10.7. The van der Waals surface area contributed by atoms with Crippen LogP contribution in [0.2, 0.25) is 0 Å². The number of rotatable bonds is 5. The lowest BCUT2D eigenvalue weighted by atomic mass is 10.0. The molecule has 2 fully saturated rings. The molecular weight excluding hydrogens is 673 g/mol. The highest BCUT2D eigenvalue weighted by Crippen LogP contribution is 2.45. The van der Waals surface area contributed by atoms with Gasteiger partial charge in [0.05, 0.1) is 13.1 Å². The van der Waals surface area contributed by atoms with Gasteiger partial charge in [0, 0.05) is 24.4 Å². The zero-order chi connectivity index (χ0) is 37.0. The number of nitrogens with zero attached hydrogens (tertiary/aromatic N) is 2. The molecule has 5 atom stereocenters. The molecule has 1 aliphatic carbocycles. The van der Waals surface area contributed by atoms with Crippen molar-refractivity contribution in [1.82, 2.24) is 25.9 Å². The number of carbonyl (C=O) groups is 5. The second kappa shape index (κ2) is 15.2. The maximum atomic E-state index is 14.4. The van der Waals surface area contributed by atoms with Crippen molar-refractivity contribution in [2.75, 3.05) is 6.54 Å². The highest BCUT2D eigenvalue weighted by atomic mass is 19.1. The molecule has 2 aromatic carbocycles. The summed E-state index contributed by atoms with van der Waals surface area (Å²) in [5.41, 5.74) is 1.41. The van der Waals surface area contributed by atoms with Gasteiger partial charge in [-0.3, -0.25) is 19.3 Å². The average molecular weight is 720 g/mol. The fourth-order valence-corrected chi connectivity index (χ4v) is 7.03. The SMILES string of the molecule is CC(C)(C)OC(=O)N[C@H]1CCCCC/C=C\[C@@H]2C[C@]2(C(=O)NOc2ccccc2)NC(=O)[C@@H]2C[C@@H](OC(=O)N3Cc4cccc(F)c4C3)CN2C1=O. The smallest absolute Gasteiger partial charge is 0.410 e. The van der Waals surface area contributed by atoms with Crippen molar-refractivity contribution in [3.05, 3.63) is 77.6 Å². The van der Waals surface area contributed by atoms with Gasteiger partial charge < -0.3 is 29.8 Å². The molecule has 6 rings (SSSR count). The summed E-state index contributed by atoms with van der Waals surface area (Å²) in [6.45, 7) is 5.20. The lowest BCUT2D eigenvalue weighted by Crippen LogP contribution is -2.58. The Bertz CT molecular complexity index is 1710.